The van der Waals surface area contributed by atoms with E-state index in [0.717, 1.165) is 27.9 Å². The average molecular weight is 389 g/mol. The van der Waals surface area contributed by atoms with E-state index in [4.69, 9.17) is 11.6 Å². The van der Waals surface area contributed by atoms with Gasteiger partial charge in [0.05, 0.1) is 24.1 Å². The Morgan fingerprint density at radius 3 is 2.58 bits per heavy atom. The zero-order valence-electron chi connectivity index (χ0n) is 15.0. The van der Waals surface area contributed by atoms with Crippen LogP contribution in [0.2, 0.25) is 5.02 Å². The van der Waals surface area contributed by atoms with E-state index in [2.05, 4.69) is 32.6 Å². The van der Waals surface area contributed by atoms with E-state index in [0.29, 0.717) is 18.1 Å². The Kier molecular flexibility index (Phi) is 5.90. The lowest BCUT2D eigenvalue weighted by Crippen LogP contribution is -2.36. The van der Waals surface area contributed by atoms with Crippen molar-refractivity contribution in [3.05, 3.63) is 62.8 Å². The summed E-state index contributed by atoms with van der Waals surface area (Å²) in [5.41, 5.74) is 3.12. The number of nitrogens with one attached hydrogen (secondary N) is 2. The molecule has 26 heavy (non-hydrogen) atoms. The highest BCUT2D eigenvalue weighted by Crippen LogP contribution is 2.16. The molecule has 0 aliphatic heterocycles. The SMILES string of the molecule is CN=C(NCc1cnn(-c2ccc(Cl)cc2)c1)NCc1nc(C)c(C)s1. The smallest absolute Gasteiger partial charge is 0.191 e. The first-order valence-electron chi connectivity index (χ1n) is 8.22. The summed E-state index contributed by atoms with van der Waals surface area (Å²) in [6.07, 6.45) is 3.82. The van der Waals surface area contributed by atoms with Crippen LogP contribution in [0.15, 0.2) is 41.7 Å². The molecule has 2 aromatic heterocycles. The van der Waals surface area contributed by atoms with E-state index in [1.165, 1.54) is 4.88 Å². The molecule has 0 aliphatic carbocycles. The standard InChI is InChI=1S/C18H21ClN6S/c1-12-13(2)26-17(24-12)10-22-18(20-3)21-8-14-9-23-25(11-14)16-6-4-15(19)5-7-16/h4-7,9,11H,8,10H2,1-3H3,(H2,20,21,22). The Hall–Kier alpha value is -2.38. The molecule has 0 aliphatic rings. The van der Waals surface area contributed by atoms with Crippen molar-refractivity contribution in [1.82, 2.24) is 25.4 Å². The van der Waals surface area contributed by atoms with E-state index in [9.17, 15) is 0 Å². The van der Waals surface area contributed by atoms with Crippen LogP contribution in [-0.4, -0.2) is 27.8 Å². The Balaban J connectivity index is 1.54. The molecule has 0 amide bonds. The molecule has 0 fully saturated rings. The molecule has 8 heteroatoms. The van der Waals surface area contributed by atoms with Crippen LogP contribution >= 0.6 is 22.9 Å². The number of aryl methyl sites for hydroxylation is 2. The maximum atomic E-state index is 5.93. The third kappa shape index (κ3) is 4.62. The third-order valence-electron chi connectivity index (χ3n) is 3.89. The maximum absolute atomic E-state index is 5.93. The molecule has 0 saturated heterocycles. The second-order valence-electron chi connectivity index (χ2n) is 5.80. The van der Waals surface area contributed by atoms with Gasteiger partial charge in [-0.2, -0.15) is 5.10 Å². The largest absolute Gasteiger partial charge is 0.352 e. The first kappa shape index (κ1) is 18.4. The molecular formula is C18H21ClN6S. The van der Waals surface area contributed by atoms with Gasteiger partial charge >= 0.3 is 0 Å². The monoisotopic (exact) mass is 388 g/mol. The Morgan fingerprint density at radius 2 is 1.92 bits per heavy atom. The number of thiazole rings is 1. The zero-order chi connectivity index (χ0) is 18.5. The quantitative estimate of drug-likeness (QED) is 0.518. The summed E-state index contributed by atoms with van der Waals surface area (Å²) in [4.78, 5) is 10.0. The van der Waals surface area contributed by atoms with Crippen LogP contribution in [0, 0.1) is 13.8 Å². The van der Waals surface area contributed by atoms with Gasteiger partial charge < -0.3 is 10.6 Å². The second-order valence-corrected chi connectivity index (χ2v) is 7.52. The minimum Gasteiger partial charge on any atom is -0.352 e. The lowest BCUT2D eigenvalue weighted by Gasteiger charge is -2.09. The van der Waals surface area contributed by atoms with Gasteiger partial charge in [0.15, 0.2) is 5.96 Å². The van der Waals surface area contributed by atoms with E-state index in [-0.39, 0.29) is 0 Å². The molecule has 0 radical (unpaired) electrons. The molecule has 0 spiro atoms. The van der Waals surface area contributed by atoms with Crippen LogP contribution in [0.5, 0.6) is 0 Å². The number of benzene rings is 1. The van der Waals surface area contributed by atoms with Crippen molar-refractivity contribution in [2.24, 2.45) is 4.99 Å². The first-order valence-corrected chi connectivity index (χ1v) is 9.41. The number of aliphatic imine (C=N–C) groups is 1. The highest BCUT2D eigenvalue weighted by molar-refractivity contribution is 7.11. The molecule has 0 saturated carbocycles. The predicted octanol–water partition coefficient (Wildman–Crippen LogP) is 3.46. The molecule has 0 unspecified atom stereocenters. The van der Waals surface area contributed by atoms with Gasteiger partial charge in [-0.1, -0.05) is 11.6 Å². The molecule has 0 atom stereocenters. The fourth-order valence-electron chi connectivity index (χ4n) is 2.37. The van der Waals surface area contributed by atoms with Gasteiger partial charge in [-0.25, -0.2) is 9.67 Å². The number of rotatable bonds is 5. The Morgan fingerprint density at radius 1 is 1.19 bits per heavy atom. The van der Waals surface area contributed by atoms with Gasteiger partial charge in [-0.05, 0) is 38.1 Å². The van der Waals surface area contributed by atoms with Gasteiger partial charge in [0, 0.05) is 35.3 Å². The van der Waals surface area contributed by atoms with E-state index in [1.54, 1.807) is 18.4 Å². The van der Waals surface area contributed by atoms with E-state index in [1.807, 2.05) is 48.3 Å². The number of halogens is 1. The van der Waals surface area contributed by atoms with Crippen molar-refractivity contribution in [2.45, 2.75) is 26.9 Å². The van der Waals surface area contributed by atoms with Gasteiger partial charge in [0.2, 0.25) is 0 Å². The molecule has 136 valence electrons. The molecule has 3 rings (SSSR count). The normalized spacial score (nSPS) is 11.6. The number of hydrogen-bond donors (Lipinski definition) is 2. The topological polar surface area (TPSA) is 67.1 Å². The zero-order valence-corrected chi connectivity index (χ0v) is 16.5. The number of nitrogens with zero attached hydrogens (tertiary/aromatic N) is 4. The van der Waals surface area contributed by atoms with Crippen molar-refractivity contribution in [2.75, 3.05) is 7.05 Å². The molecule has 6 nitrogen and oxygen atoms in total. The summed E-state index contributed by atoms with van der Waals surface area (Å²) in [7, 11) is 1.75. The van der Waals surface area contributed by atoms with Crippen LogP contribution < -0.4 is 10.6 Å². The van der Waals surface area contributed by atoms with Gasteiger partial charge in [0.1, 0.15) is 5.01 Å². The third-order valence-corrected chi connectivity index (χ3v) is 5.22. The predicted molar refractivity (Wildman–Crippen MR) is 107 cm³/mol. The maximum Gasteiger partial charge on any atom is 0.191 e. The fourth-order valence-corrected chi connectivity index (χ4v) is 3.37. The van der Waals surface area contributed by atoms with E-state index >= 15 is 0 Å². The number of aromatic nitrogens is 3. The lowest BCUT2D eigenvalue weighted by molar-refractivity contribution is 0.803. The van der Waals surface area contributed by atoms with Crippen LogP contribution in [-0.2, 0) is 13.1 Å². The summed E-state index contributed by atoms with van der Waals surface area (Å²) in [6, 6.07) is 7.57. The Bertz CT molecular complexity index is 877. The molecule has 1 aromatic carbocycles. The molecule has 2 heterocycles. The molecular weight excluding hydrogens is 368 g/mol. The van der Waals surface area contributed by atoms with Crippen LogP contribution in [0.25, 0.3) is 5.69 Å². The lowest BCUT2D eigenvalue weighted by atomic mass is 10.3. The van der Waals surface area contributed by atoms with Crippen LogP contribution in [0.3, 0.4) is 0 Å². The summed E-state index contributed by atoms with van der Waals surface area (Å²) in [6.45, 7) is 5.40. The summed E-state index contributed by atoms with van der Waals surface area (Å²) < 4.78 is 1.82. The van der Waals surface area contributed by atoms with Crippen LogP contribution in [0.1, 0.15) is 21.1 Å². The number of guanidine groups is 1. The summed E-state index contributed by atoms with van der Waals surface area (Å²) in [5.74, 6) is 0.731. The summed E-state index contributed by atoms with van der Waals surface area (Å²) in [5, 5.41) is 12.7. The van der Waals surface area contributed by atoms with Crippen molar-refractivity contribution in [1.29, 1.82) is 0 Å². The Labute approximate surface area is 162 Å². The minimum atomic E-state index is 0.628. The van der Waals surface area contributed by atoms with Crippen molar-refractivity contribution >= 4 is 28.9 Å². The minimum absolute atomic E-state index is 0.628. The molecule has 0 bridgehead atoms. The summed E-state index contributed by atoms with van der Waals surface area (Å²) >= 11 is 7.63. The van der Waals surface area contributed by atoms with Gasteiger partial charge in [-0.3, -0.25) is 4.99 Å². The van der Waals surface area contributed by atoms with E-state index < -0.39 is 0 Å². The van der Waals surface area contributed by atoms with Crippen LogP contribution in [0.4, 0.5) is 0 Å². The van der Waals surface area contributed by atoms with Crippen molar-refractivity contribution in [3.63, 3.8) is 0 Å². The van der Waals surface area contributed by atoms with Crippen molar-refractivity contribution in [3.8, 4) is 5.69 Å². The highest BCUT2D eigenvalue weighted by atomic mass is 35.5. The number of hydrogen-bond acceptors (Lipinski definition) is 4. The first-order chi connectivity index (χ1) is 12.5. The fraction of sp³-hybridized carbons (Fsp3) is 0.278. The van der Waals surface area contributed by atoms with Crippen molar-refractivity contribution < 1.29 is 0 Å². The van der Waals surface area contributed by atoms with Gasteiger partial charge in [0.25, 0.3) is 0 Å². The highest BCUT2D eigenvalue weighted by Gasteiger charge is 2.06. The van der Waals surface area contributed by atoms with Gasteiger partial charge in [-0.15, -0.1) is 11.3 Å². The average Bonchev–Trinajstić information content (AvgIpc) is 3.23. The molecule has 3 aromatic rings. The molecule has 2 N–H and O–H groups in total. The second kappa shape index (κ2) is 8.33.